The highest BCUT2D eigenvalue weighted by molar-refractivity contribution is 6.34. The summed E-state index contributed by atoms with van der Waals surface area (Å²) in [5.74, 6) is 0.796. The van der Waals surface area contributed by atoms with Gasteiger partial charge in [-0.25, -0.2) is 4.98 Å². The van der Waals surface area contributed by atoms with Crippen LogP contribution in [0.2, 0.25) is 5.15 Å². The standard InChI is InChI=1S/C29H23ClN2/c1-20-10-8-15-23(18-20)26-25-17-9-16-24(22-13-6-3-7-14-22)27(25)29(32-28(26)30)31-19-21-11-4-2-5-12-21/h2-18H,19H2,1H3,(H,31,32). The van der Waals surface area contributed by atoms with Crippen molar-refractivity contribution < 1.29 is 0 Å². The third kappa shape index (κ3) is 3.98. The first-order valence-corrected chi connectivity index (χ1v) is 11.1. The maximum Gasteiger partial charge on any atom is 0.139 e. The average molecular weight is 435 g/mol. The quantitative estimate of drug-likeness (QED) is 0.282. The lowest BCUT2D eigenvalue weighted by Gasteiger charge is -2.18. The molecular formula is C29H23ClN2. The van der Waals surface area contributed by atoms with Crippen LogP contribution in [0.3, 0.4) is 0 Å². The number of nitrogens with one attached hydrogen (secondary N) is 1. The molecule has 0 aliphatic carbocycles. The molecule has 0 atom stereocenters. The number of hydrogen-bond donors (Lipinski definition) is 1. The predicted molar refractivity (Wildman–Crippen MR) is 136 cm³/mol. The van der Waals surface area contributed by atoms with E-state index in [4.69, 9.17) is 16.6 Å². The van der Waals surface area contributed by atoms with E-state index in [1.54, 1.807) is 0 Å². The van der Waals surface area contributed by atoms with Gasteiger partial charge in [-0.2, -0.15) is 0 Å². The van der Waals surface area contributed by atoms with Crippen LogP contribution >= 0.6 is 11.6 Å². The van der Waals surface area contributed by atoms with Gasteiger partial charge in [0.1, 0.15) is 11.0 Å². The monoisotopic (exact) mass is 434 g/mol. The summed E-state index contributed by atoms with van der Waals surface area (Å²) in [4.78, 5) is 4.86. The zero-order valence-corrected chi connectivity index (χ0v) is 18.6. The highest BCUT2D eigenvalue weighted by atomic mass is 35.5. The summed E-state index contributed by atoms with van der Waals surface area (Å²) in [6.45, 7) is 2.77. The van der Waals surface area contributed by atoms with Crippen molar-refractivity contribution in [2.75, 3.05) is 5.32 Å². The molecule has 0 aliphatic heterocycles. The van der Waals surface area contributed by atoms with Gasteiger partial charge in [0.05, 0.1) is 0 Å². The van der Waals surface area contributed by atoms with E-state index in [0.717, 1.165) is 38.8 Å². The molecule has 5 aromatic rings. The highest BCUT2D eigenvalue weighted by Crippen LogP contribution is 2.41. The molecule has 1 heterocycles. The number of nitrogens with zero attached hydrogens (tertiary/aromatic N) is 1. The number of fused-ring (bicyclic) bond motifs is 1. The van der Waals surface area contributed by atoms with Crippen LogP contribution < -0.4 is 5.32 Å². The number of aromatic nitrogens is 1. The Balaban J connectivity index is 1.75. The lowest BCUT2D eigenvalue weighted by atomic mass is 9.93. The van der Waals surface area contributed by atoms with Gasteiger partial charge in [-0.15, -0.1) is 0 Å². The van der Waals surface area contributed by atoms with E-state index in [2.05, 4.69) is 91.1 Å². The molecule has 0 radical (unpaired) electrons. The van der Waals surface area contributed by atoms with Crippen LogP contribution in [0, 0.1) is 6.92 Å². The number of halogens is 1. The number of anilines is 1. The highest BCUT2D eigenvalue weighted by Gasteiger charge is 2.18. The van der Waals surface area contributed by atoms with Crippen molar-refractivity contribution in [2.24, 2.45) is 0 Å². The Morgan fingerprint density at radius 3 is 2.19 bits per heavy atom. The first-order valence-electron chi connectivity index (χ1n) is 10.7. The fraction of sp³-hybridized carbons (Fsp3) is 0.0690. The van der Waals surface area contributed by atoms with Gasteiger partial charge in [-0.05, 0) is 34.6 Å². The Hall–Kier alpha value is -3.62. The van der Waals surface area contributed by atoms with Gasteiger partial charge in [0.25, 0.3) is 0 Å². The SMILES string of the molecule is Cc1cccc(-c2c(Cl)nc(NCc3ccccc3)c3c(-c4ccccc4)cccc23)c1. The zero-order chi connectivity index (χ0) is 21.9. The second kappa shape index (κ2) is 8.86. The summed E-state index contributed by atoms with van der Waals surface area (Å²) in [6, 6.07) is 35.6. The maximum atomic E-state index is 6.82. The van der Waals surface area contributed by atoms with Crippen molar-refractivity contribution in [3.05, 3.63) is 119 Å². The van der Waals surface area contributed by atoms with E-state index in [-0.39, 0.29) is 0 Å². The summed E-state index contributed by atoms with van der Waals surface area (Å²) in [7, 11) is 0. The number of aryl methyl sites for hydroxylation is 1. The molecule has 3 heteroatoms. The summed E-state index contributed by atoms with van der Waals surface area (Å²) >= 11 is 6.82. The van der Waals surface area contributed by atoms with Gasteiger partial charge in [0.2, 0.25) is 0 Å². The minimum Gasteiger partial charge on any atom is -0.365 e. The molecule has 0 bridgehead atoms. The van der Waals surface area contributed by atoms with Crippen molar-refractivity contribution in [3.8, 4) is 22.3 Å². The van der Waals surface area contributed by atoms with E-state index in [1.165, 1.54) is 11.1 Å². The third-order valence-corrected chi connectivity index (χ3v) is 5.95. The van der Waals surface area contributed by atoms with Crippen LogP contribution in [0.5, 0.6) is 0 Å². The Morgan fingerprint density at radius 2 is 1.44 bits per heavy atom. The topological polar surface area (TPSA) is 24.9 Å². The van der Waals surface area contributed by atoms with Crippen LogP contribution in [0.25, 0.3) is 33.0 Å². The summed E-state index contributed by atoms with van der Waals surface area (Å²) in [6.07, 6.45) is 0. The zero-order valence-electron chi connectivity index (χ0n) is 17.8. The third-order valence-electron chi connectivity index (χ3n) is 5.68. The van der Waals surface area contributed by atoms with Crippen molar-refractivity contribution in [1.29, 1.82) is 0 Å². The molecule has 0 saturated carbocycles. The Kier molecular flexibility index (Phi) is 5.62. The molecule has 156 valence electrons. The van der Waals surface area contributed by atoms with E-state index in [1.807, 2.05) is 24.3 Å². The van der Waals surface area contributed by atoms with Gasteiger partial charge < -0.3 is 5.32 Å². The number of rotatable bonds is 5. The van der Waals surface area contributed by atoms with Crippen molar-refractivity contribution in [3.63, 3.8) is 0 Å². The summed E-state index contributed by atoms with van der Waals surface area (Å²) < 4.78 is 0. The largest absolute Gasteiger partial charge is 0.365 e. The first-order chi connectivity index (χ1) is 15.7. The molecule has 4 aromatic carbocycles. The number of benzene rings is 4. The van der Waals surface area contributed by atoms with Gasteiger partial charge in [0.15, 0.2) is 0 Å². The lowest BCUT2D eigenvalue weighted by molar-refractivity contribution is 1.12. The molecule has 0 aliphatic rings. The molecule has 32 heavy (non-hydrogen) atoms. The molecule has 0 fully saturated rings. The second-order valence-electron chi connectivity index (χ2n) is 7.93. The summed E-state index contributed by atoms with van der Waals surface area (Å²) in [5, 5.41) is 6.22. The second-order valence-corrected chi connectivity index (χ2v) is 8.29. The Morgan fingerprint density at radius 1 is 0.750 bits per heavy atom. The maximum absolute atomic E-state index is 6.82. The Bertz CT molecular complexity index is 1380. The van der Waals surface area contributed by atoms with Crippen LogP contribution in [0.4, 0.5) is 5.82 Å². The molecule has 0 spiro atoms. The minimum atomic E-state index is 0.504. The molecule has 0 amide bonds. The van der Waals surface area contributed by atoms with Gasteiger partial charge in [0, 0.05) is 17.5 Å². The van der Waals surface area contributed by atoms with E-state index >= 15 is 0 Å². The smallest absolute Gasteiger partial charge is 0.139 e. The van der Waals surface area contributed by atoms with Crippen LogP contribution in [0.15, 0.2) is 103 Å². The van der Waals surface area contributed by atoms with E-state index in [9.17, 15) is 0 Å². The van der Waals surface area contributed by atoms with Gasteiger partial charge >= 0.3 is 0 Å². The van der Waals surface area contributed by atoms with Gasteiger partial charge in [-0.1, -0.05) is 120 Å². The van der Waals surface area contributed by atoms with Gasteiger partial charge in [-0.3, -0.25) is 0 Å². The predicted octanol–water partition coefficient (Wildman–Crippen LogP) is 8.14. The fourth-order valence-corrected chi connectivity index (χ4v) is 4.48. The van der Waals surface area contributed by atoms with Crippen molar-refractivity contribution in [1.82, 2.24) is 4.98 Å². The molecule has 5 rings (SSSR count). The fourth-order valence-electron chi connectivity index (χ4n) is 4.18. The van der Waals surface area contributed by atoms with E-state index in [0.29, 0.717) is 11.7 Å². The van der Waals surface area contributed by atoms with Crippen LogP contribution in [0.1, 0.15) is 11.1 Å². The normalized spacial score (nSPS) is 10.9. The lowest BCUT2D eigenvalue weighted by Crippen LogP contribution is -2.04. The first kappa shape index (κ1) is 20.3. The molecular weight excluding hydrogens is 412 g/mol. The number of hydrogen-bond acceptors (Lipinski definition) is 2. The Labute approximate surface area is 193 Å². The number of pyridine rings is 1. The van der Waals surface area contributed by atoms with E-state index < -0.39 is 0 Å². The summed E-state index contributed by atoms with van der Waals surface area (Å²) in [5.41, 5.74) is 6.72. The molecule has 2 nitrogen and oxygen atoms in total. The minimum absolute atomic E-state index is 0.504. The molecule has 0 saturated heterocycles. The van der Waals surface area contributed by atoms with Crippen LogP contribution in [-0.2, 0) is 6.54 Å². The average Bonchev–Trinajstić information content (AvgIpc) is 2.83. The van der Waals surface area contributed by atoms with Crippen LogP contribution in [-0.4, -0.2) is 4.98 Å². The van der Waals surface area contributed by atoms with Crippen molar-refractivity contribution >= 4 is 28.2 Å². The van der Waals surface area contributed by atoms with Crippen molar-refractivity contribution in [2.45, 2.75) is 13.5 Å². The molecule has 1 N–H and O–H groups in total. The molecule has 0 unspecified atom stereocenters. The molecule has 1 aromatic heterocycles.